The third-order valence-corrected chi connectivity index (χ3v) is 18.4. The summed E-state index contributed by atoms with van der Waals surface area (Å²) in [6, 6.07) is 4.48. The normalized spacial score (nSPS) is 9.57. The molecule has 0 aromatic carbocycles. The van der Waals surface area contributed by atoms with Crippen LogP contribution < -0.4 is 3.47 Å². The molecular formula is C10H17Br2SZn. The zero-order chi connectivity index (χ0) is 9.52. The SMILES string of the molecule is Br.CCCCC[CH2][Zn]([Br])[c]1cccs1. The Morgan fingerprint density at radius 3 is 2.71 bits per heavy atom. The molecule has 1 aromatic heterocycles. The minimum absolute atomic E-state index is 0. The zero-order valence-corrected chi connectivity index (χ0v) is 15.8. The molecule has 0 saturated heterocycles. The number of hydrogen-bond acceptors (Lipinski definition) is 1. The van der Waals surface area contributed by atoms with Crippen LogP contribution in [0.2, 0.25) is 5.02 Å². The van der Waals surface area contributed by atoms with E-state index in [0.29, 0.717) is 0 Å². The summed E-state index contributed by atoms with van der Waals surface area (Å²) in [6.45, 7) is 2.27. The summed E-state index contributed by atoms with van der Waals surface area (Å²) in [4.78, 5) is 0. The van der Waals surface area contributed by atoms with Crippen molar-refractivity contribution < 1.29 is 14.0 Å². The topological polar surface area (TPSA) is 0 Å². The van der Waals surface area contributed by atoms with E-state index in [2.05, 4.69) is 38.1 Å². The Balaban J connectivity index is 0.00000169. The van der Waals surface area contributed by atoms with Crippen molar-refractivity contribution in [3.63, 3.8) is 0 Å². The van der Waals surface area contributed by atoms with Crippen LogP contribution in [0.4, 0.5) is 0 Å². The predicted octanol–water partition coefficient (Wildman–Crippen LogP) is 4.88. The van der Waals surface area contributed by atoms with Crippen molar-refractivity contribution in [2.45, 2.75) is 37.6 Å². The van der Waals surface area contributed by atoms with Crippen LogP contribution in [-0.4, -0.2) is 0 Å². The summed E-state index contributed by atoms with van der Waals surface area (Å²) in [5.41, 5.74) is 0. The Kier molecular flexibility index (Phi) is 10.4. The van der Waals surface area contributed by atoms with E-state index in [9.17, 15) is 0 Å². The number of thiophene rings is 1. The van der Waals surface area contributed by atoms with Crippen molar-refractivity contribution in [1.82, 2.24) is 0 Å². The Morgan fingerprint density at radius 2 is 2.14 bits per heavy atom. The zero-order valence-electron chi connectivity index (χ0n) is 8.67. The summed E-state index contributed by atoms with van der Waals surface area (Å²) in [7, 11) is 0. The third-order valence-electron chi connectivity index (χ3n) is 2.37. The van der Waals surface area contributed by atoms with E-state index < -0.39 is 14.0 Å². The molecule has 1 rings (SSSR count). The Labute approximate surface area is 114 Å². The van der Waals surface area contributed by atoms with Gasteiger partial charge in [-0.2, -0.15) is 0 Å². The second-order valence-electron chi connectivity index (χ2n) is 3.57. The van der Waals surface area contributed by atoms with Gasteiger partial charge < -0.3 is 0 Å². The van der Waals surface area contributed by atoms with Crippen molar-refractivity contribution in [2.75, 3.05) is 0 Å². The van der Waals surface area contributed by atoms with Gasteiger partial charge in [-0.25, -0.2) is 0 Å². The summed E-state index contributed by atoms with van der Waals surface area (Å²) in [5, 5.41) is 3.69. The van der Waals surface area contributed by atoms with Crippen LogP contribution in [0.3, 0.4) is 0 Å². The van der Waals surface area contributed by atoms with Crippen molar-refractivity contribution in [2.24, 2.45) is 0 Å². The number of hydrogen-bond donors (Lipinski definition) is 0. The van der Waals surface area contributed by atoms with E-state index >= 15 is 0 Å². The molecule has 0 unspecified atom stereocenters. The number of rotatable bonds is 6. The molecule has 0 aliphatic rings. The van der Waals surface area contributed by atoms with Crippen LogP contribution in [0, 0.1) is 0 Å². The van der Waals surface area contributed by atoms with Crippen LogP contribution in [0.1, 0.15) is 32.6 Å². The van der Waals surface area contributed by atoms with Gasteiger partial charge >= 0.3 is 97.6 Å². The molecule has 0 nitrogen and oxygen atoms in total. The predicted molar refractivity (Wildman–Crippen MR) is 72.2 cm³/mol. The van der Waals surface area contributed by atoms with Crippen molar-refractivity contribution in [3.8, 4) is 0 Å². The van der Waals surface area contributed by atoms with Crippen LogP contribution in [0.25, 0.3) is 0 Å². The second-order valence-corrected chi connectivity index (χ2v) is 18.2. The number of unbranched alkanes of at least 4 members (excludes halogenated alkanes) is 3. The van der Waals surface area contributed by atoms with Crippen LogP contribution in [-0.2, 0) is 14.0 Å². The van der Waals surface area contributed by atoms with Gasteiger partial charge in [-0.05, 0) is 0 Å². The first kappa shape index (κ1) is 15.3. The summed E-state index contributed by atoms with van der Waals surface area (Å²) >= 11 is 4.50. The fourth-order valence-corrected chi connectivity index (χ4v) is 13.0. The van der Waals surface area contributed by atoms with E-state index in [1.807, 2.05) is 11.3 Å². The first-order chi connectivity index (χ1) is 6.34. The van der Waals surface area contributed by atoms with Gasteiger partial charge in [0.25, 0.3) is 0 Å². The fourth-order valence-electron chi connectivity index (χ4n) is 1.53. The third kappa shape index (κ3) is 6.00. The molecule has 0 radical (unpaired) electrons. The van der Waals surface area contributed by atoms with E-state index in [1.54, 1.807) is 3.47 Å². The van der Waals surface area contributed by atoms with E-state index in [4.69, 9.17) is 0 Å². The monoisotopic (exact) mass is 391 g/mol. The number of halogens is 2. The van der Waals surface area contributed by atoms with E-state index in [1.165, 1.54) is 30.7 Å². The van der Waals surface area contributed by atoms with Gasteiger partial charge in [0, 0.05) is 0 Å². The van der Waals surface area contributed by atoms with Gasteiger partial charge in [0.15, 0.2) is 0 Å². The molecule has 0 aliphatic carbocycles. The molecule has 0 atom stereocenters. The van der Waals surface area contributed by atoms with Gasteiger partial charge in [0.2, 0.25) is 0 Å². The first-order valence-corrected chi connectivity index (χ1v) is 16.6. The molecule has 1 heterocycles. The molecule has 0 amide bonds. The van der Waals surface area contributed by atoms with Gasteiger partial charge in [-0.1, -0.05) is 0 Å². The van der Waals surface area contributed by atoms with Crippen molar-refractivity contribution >= 4 is 45.4 Å². The average molecular weight is 395 g/mol. The molecule has 79 valence electrons. The Bertz CT molecular complexity index is 214. The molecule has 0 fully saturated rings. The maximum atomic E-state index is 3.94. The Morgan fingerprint density at radius 1 is 1.36 bits per heavy atom. The first-order valence-electron chi connectivity index (χ1n) is 5.22. The Hall–Kier alpha value is 1.28. The van der Waals surface area contributed by atoms with E-state index in [-0.39, 0.29) is 17.0 Å². The van der Waals surface area contributed by atoms with Crippen molar-refractivity contribution in [1.29, 1.82) is 0 Å². The quantitative estimate of drug-likeness (QED) is 0.477. The molecule has 14 heavy (non-hydrogen) atoms. The minimum atomic E-state index is -1.38. The maximum absolute atomic E-state index is 3.94. The summed E-state index contributed by atoms with van der Waals surface area (Å²) < 4.78 is 1.68. The molecule has 0 spiro atoms. The van der Waals surface area contributed by atoms with E-state index in [0.717, 1.165) is 0 Å². The molecule has 0 aliphatic heterocycles. The average Bonchev–Trinajstić information content (AvgIpc) is 2.65. The van der Waals surface area contributed by atoms with Gasteiger partial charge in [-0.3, -0.25) is 0 Å². The molecule has 0 bridgehead atoms. The van der Waals surface area contributed by atoms with Gasteiger partial charge in [-0.15, -0.1) is 17.0 Å². The van der Waals surface area contributed by atoms with Gasteiger partial charge in [0.1, 0.15) is 0 Å². The van der Waals surface area contributed by atoms with Crippen LogP contribution >= 0.6 is 41.9 Å². The summed E-state index contributed by atoms with van der Waals surface area (Å²) in [5.74, 6) is 0. The molecule has 1 aromatic rings. The van der Waals surface area contributed by atoms with Crippen molar-refractivity contribution in [3.05, 3.63) is 17.5 Å². The van der Waals surface area contributed by atoms with Crippen LogP contribution in [0.15, 0.2) is 17.5 Å². The van der Waals surface area contributed by atoms with Crippen LogP contribution in [0.5, 0.6) is 0 Å². The molecule has 4 heteroatoms. The molecule has 0 N–H and O–H groups in total. The standard InChI is InChI=1S/C6H13.C4H3S.2BrH.Zn/c1-3-5-6-4-2;1-2-4-5-3-1;;;/h1,3-6H2,2H3;1-3H;2*1H;/q;;;;+1/p-1. The second kappa shape index (κ2) is 9.51. The summed E-state index contributed by atoms with van der Waals surface area (Å²) in [6.07, 6.45) is 5.63. The fraction of sp³-hybridized carbons (Fsp3) is 0.600. The molecule has 0 saturated carbocycles. The van der Waals surface area contributed by atoms with Gasteiger partial charge in [0.05, 0.1) is 0 Å². The molecular weight excluding hydrogens is 377 g/mol.